The van der Waals surface area contributed by atoms with Gasteiger partial charge in [0.1, 0.15) is 11.5 Å². The Kier molecular flexibility index (Phi) is 7.04. The molecule has 2 amide bonds. The number of halogens is 1. The fourth-order valence-electron chi connectivity index (χ4n) is 3.31. The molecule has 1 atom stereocenters. The number of urea groups is 1. The van der Waals surface area contributed by atoms with E-state index < -0.39 is 29.4 Å². The Morgan fingerprint density at radius 1 is 1.09 bits per heavy atom. The summed E-state index contributed by atoms with van der Waals surface area (Å²) in [6.07, 6.45) is 1.26. The molecule has 0 unspecified atom stereocenters. The molecule has 3 N–H and O–H groups in total. The topological polar surface area (TPSA) is 100 Å². The number of rotatable bonds is 7. The maximum Gasteiger partial charge on any atom is 0.319 e. The van der Waals surface area contributed by atoms with Gasteiger partial charge >= 0.3 is 12.0 Å². The Labute approximate surface area is 184 Å². The summed E-state index contributed by atoms with van der Waals surface area (Å²) in [4.78, 5) is 36.9. The summed E-state index contributed by atoms with van der Waals surface area (Å²) in [6.45, 7) is 3.72. The summed E-state index contributed by atoms with van der Waals surface area (Å²) < 4.78 is 14.8. The Bertz CT molecular complexity index is 1190. The Morgan fingerprint density at radius 2 is 1.81 bits per heavy atom. The van der Waals surface area contributed by atoms with Crippen LogP contribution < -0.4 is 16.2 Å². The first-order valence-corrected chi connectivity index (χ1v) is 10.0. The van der Waals surface area contributed by atoms with Gasteiger partial charge in [0.15, 0.2) is 0 Å². The molecule has 3 aromatic rings. The predicted octanol–water partition coefficient (Wildman–Crippen LogP) is 3.99. The van der Waals surface area contributed by atoms with Crippen molar-refractivity contribution in [2.75, 3.05) is 5.32 Å². The molecule has 0 aliphatic rings. The molecule has 0 saturated carbocycles. The van der Waals surface area contributed by atoms with E-state index in [0.29, 0.717) is 16.7 Å². The quantitative estimate of drug-likeness (QED) is 0.520. The van der Waals surface area contributed by atoms with Crippen molar-refractivity contribution in [1.82, 2.24) is 9.88 Å². The molecule has 8 heteroatoms. The Morgan fingerprint density at radius 3 is 2.47 bits per heavy atom. The van der Waals surface area contributed by atoms with Gasteiger partial charge in [0.2, 0.25) is 0 Å². The van der Waals surface area contributed by atoms with Crippen molar-refractivity contribution in [3.05, 3.63) is 99.2 Å². The maximum atomic E-state index is 13.5. The molecular weight excluding hydrogens is 413 g/mol. The lowest BCUT2D eigenvalue weighted by Crippen LogP contribution is -2.36. The molecule has 1 heterocycles. The highest BCUT2D eigenvalue weighted by Crippen LogP contribution is 2.18. The smallest absolute Gasteiger partial charge is 0.319 e. The standard InChI is InChI=1S/C24H24FN3O4/c1-15-6-8-18(9-7-15)20(13-21(29)30)26-24(32)27-22-16(2)10-11-28(23(22)31)14-17-4-3-5-19(25)12-17/h3-12,20H,13-14H2,1-2H3,(H,29,30)(H2,26,27,32)/t20-/m0/s1. The van der Waals surface area contributed by atoms with Crippen LogP contribution in [0.15, 0.2) is 65.6 Å². The molecule has 0 saturated heterocycles. The van der Waals surface area contributed by atoms with Crippen molar-refractivity contribution < 1.29 is 19.1 Å². The third-order valence-electron chi connectivity index (χ3n) is 5.02. The van der Waals surface area contributed by atoms with Gasteiger partial charge in [0.25, 0.3) is 5.56 Å². The highest BCUT2D eigenvalue weighted by molar-refractivity contribution is 5.90. The van der Waals surface area contributed by atoms with Gasteiger partial charge in [-0.1, -0.05) is 42.0 Å². The minimum atomic E-state index is -1.07. The van der Waals surface area contributed by atoms with Crippen molar-refractivity contribution in [1.29, 1.82) is 0 Å². The highest BCUT2D eigenvalue weighted by atomic mass is 19.1. The van der Waals surface area contributed by atoms with Crippen molar-refractivity contribution in [2.45, 2.75) is 32.9 Å². The average molecular weight is 437 g/mol. The molecule has 7 nitrogen and oxygen atoms in total. The first-order valence-electron chi connectivity index (χ1n) is 10.0. The first-order chi connectivity index (χ1) is 15.2. The van der Waals surface area contributed by atoms with Crippen LogP contribution in [0.1, 0.15) is 34.7 Å². The second kappa shape index (κ2) is 9.91. The Hall–Kier alpha value is -3.94. The molecule has 0 bridgehead atoms. The highest BCUT2D eigenvalue weighted by Gasteiger charge is 2.19. The van der Waals surface area contributed by atoms with Crippen molar-refractivity contribution in [3.8, 4) is 0 Å². The normalized spacial score (nSPS) is 11.6. The number of carbonyl (C=O) groups is 2. The number of nitrogens with one attached hydrogen (secondary N) is 2. The van der Waals surface area contributed by atoms with Crippen molar-refractivity contribution >= 4 is 17.7 Å². The largest absolute Gasteiger partial charge is 0.481 e. The SMILES string of the molecule is Cc1ccc([C@H](CC(=O)O)NC(=O)Nc2c(C)ccn(Cc3cccc(F)c3)c2=O)cc1. The van der Waals surface area contributed by atoms with E-state index in [9.17, 15) is 23.9 Å². The monoisotopic (exact) mass is 437 g/mol. The lowest BCUT2D eigenvalue weighted by molar-refractivity contribution is -0.137. The van der Waals surface area contributed by atoms with E-state index in [0.717, 1.165) is 5.56 Å². The van der Waals surface area contributed by atoms with Gasteiger partial charge in [0.05, 0.1) is 19.0 Å². The van der Waals surface area contributed by atoms with Crippen LogP contribution in [0.5, 0.6) is 0 Å². The summed E-state index contributed by atoms with van der Waals surface area (Å²) >= 11 is 0. The number of nitrogens with zero attached hydrogens (tertiary/aromatic N) is 1. The number of anilines is 1. The van der Waals surface area contributed by atoms with E-state index in [4.69, 9.17) is 0 Å². The summed E-state index contributed by atoms with van der Waals surface area (Å²) in [6, 6.07) is 13.3. The predicted molar refractivity (Wildman–Crippen MR) is 119 cm³/mol. The zero-order valence-electron chi connectivity index (χ0n) is 17.8. The average Bonchev–Trinajstić information content (AvgIpc) is 2.73. The van der Waals surface area contributed by atoms with E-state index in [1.165, 1.54) is 16.7 Å². The van der Waals surface area contributed by atoms with Crippen LogP contribution in [0.2, 0.25) is 0 Å². The van der Waals surface area contributed by atoms with Crippen LogP contribution in [-0.4, -0.2) is 21.7 Å². The Balaban J connectivity index is 1.80. The van der Waals surface area contributed by atoms with Crippen LogP contribution in [-0.2, 0) is 11.3 Å². The number of carboxylic acid groups (broad SMARTS) is 1. The van der Waals surface area contributed by atoms with Gasteiger partial charge in [0, 0.05) is 6.20 Å². The van der Waals surface area contributed by atoms with Gasteiger partial charge in [-0.2, -0.15) is 0 Å². The van der Waals surface area contributed by atoms with Crippen LogP contribution in [0.4, 0.5) is 14.9 Å². The number of aromatic nitrogens is 1. The lowest BCUT2D eigenvalue weighted by Gasteiger charge is -2.19. The maximum absolute atomic E-state index is 13.5. The summed E-state index contributed by atoms with van der Waals surface area (Å²) in [5.41, 5.74) is 2.42. The fourth-order valence-corrected chi connectivity index (χ4v) is 3.31. The first kappa shape index (κ1) is 22.7. The van der Waals surface area contributed by atoms with Gasteiger partial charge in [-0.3, -0.25) is 9.59 Å². The van der Waals surface area contributed by atoms with E-state index in [1.807, 2.05) is 19.1 Å². The third kappa shape index (κ3) is 5.81. The van der Waals surface area contributed by atoms with E-state index >= 15 is 0 Å². The molecular formula is C24H24FN3O4. The van der Waals surface area contributed by atoms with Crippen molar-refractivity contribution in [2.24, 2.45) is 0 Å². The summed E-state index contributed by atoms with van der Waals surface area (Å²) in [5, 5.41) is 14.4. The summed E-state index contributed by atoms with van der Waals surface area (Å²) in [5.74, 6) is -1.47. The molecule has 1 aromatic heterocycles. The number of benzene rings is 2. The second-order valence-electron chi connectivity index (χ2n) is 7.60. The number of pyridine rings is 1. The van der Waals surface area contributed by atoms with Crippen LogP contribution in [0.3, 0.4) is 0 Å². The molecule has 0 aliphatic heterocycles. The fraction of sp³-hybridized carbons (Fsp3) is 0.208. The van der Waals surface area contributed by atoms with Crippen LogP contribution in [0, 0.1) is 19.7 Å². The molecule has 166 valence electrons. The van der Waals surface area contributed by atoms with Gasteiger partial charge in [-0.05, 0) is 48.7 Å². The van der Waals surface area contributed by atoms with Crippen LogP contribution >= 0.6 is 0 Å². The molecule has 2 aromatic carbocycles. The van der Waals surface area contributed by atoms with Crippen LogP contribution in [0.25, 0.3) is 0 Å². The zero-order valence-corrected chi connectivity index (χ0v) is 17.8. The number of carbonyl (C=O) groups excluding carboxylic acids is 1. The number of hydrogen-bond donors (Lipinski definition) is 3. The van der Waals surface area contributed by atoms with E-state index in [2.05, 4.69) is 10.6 Å². The lowest BCUT2D eigenvalue weighted by atomic mass is 10.0. The number of amides is 2. The van der Waals surface area contributed by atoms with Gasteiger partial charge in [-0.25, -0.2) is 9.18 Å². The second-order valence-corrected chi connectivity index (χ2v) is 7.60. The molecule has 0 fully saturated rings. The molecule has 3 rings (SSSR count). The number of carboxylic acids is 1. The van der Waals surface area contributed by atoms with Gasteiger partial charge < -0.3 is 20.3 Å². The molecule has 32 heavy (non-hydrogen) atoms. The van der Waals surface area contributed by atoms with E-state index in [-0.39, 0.29) is 18.7 Å². The number of hydrogen-bond acceptors (Lipinski definition) is 3. The van der Waals surface area contributed by atoms with Gasteiger partial charge in [-0.15, -0.1) is 0 Å². The molecule has 0 aliphatic carbocycles. The number of aryl methyl sites for hydroxylation is 2. The van der Waals surface area contributed by atoms with E-state index in [1.54, 1.807) is 43.5 Å². The minimum Gasteiger partial charge on any atom is -0.481 e. The summed E-state index contributed by atoms with van der Waals surface area (Å²) in [7, 11) is 0. The molecule has 0 spiro atoms. The minimum absolute atomic E-state index is 0.0689. The zero-order chi connectivity index (χ0) is 23.3. The van der Waals surface area contributed by atoms with Crippen molar-refractivity contribution in [3.63, 3.8) is 0 Å². The third-order valence-corrected chi connectivity index (χ3v) is 5.02. The molecule has 0 radical (unpaired) electrons. The number of aliphatic carboxylic acids is 1.